The molecule has 0 radical (unpaired) electrons. The van der Waals surface area contributed by atoms with Crippen LogP contribution in [0.2, 0.25) is 0 Å². The molecule has 8 heteroatoms. The van der Waals surface area contributed by atoms with E-state index in [2.05, 4.69) is 25.9 Å². The van der Waals surface area contributed by atoms with E-state index in [-0.39, 0.29) is 17.5 Å². The number of para-hydroxylation sites is 1. The van der Waals surface area contributed by atoms with Crippen LogP contribution >= 0.6 is 27.3 Å². The number of nitrogens with zero attached hydrogens (tertiary/aromatic N) is 3. The summed E-state index contributed by atoms with van der Waals surface area (Å²) in [6, 6.07) is 16.6. The van der Waals surface area contributed by atoms with Crippen LogP contribution in [0.4, 0.5) is 10.8 Å². The molecule has 6 nitrogen and oxygen atoms in total. The Morgan fingerprint density at radius 3 is 2.69 bits per heavy atom. The van der Waals surface area contributed by atoms with Crippen molar-refractivity contribution in [2.75, 3.05) is 4.90 Å². The number of rotatable bonds is 4. The summed E-state index contributed by atoms with van der Waals surface area (Å²) >= 11 is 4.70. The molecule has 2 aromatic carbocycles. The monoisotopic (exact) mass is 467 g/mol. The third kappa shape index (κ3) is 4.18. The second-order valence-electron chi connectivity index (χ2n) is 6.09. The largest absolute Gasteiger partial charge is 0.402 e. The zero-order valence-electron chi connectivity index (χ0n) is 15.2. The lowest BCUT2D eigenvalue weighted by Gasteiger charge is -2.17. The van der Waals surface area contributed by atoms with Gasteiger partial charge < -0.3 is 4.74 Å². The van der Waals surface area contributed by atoms with Crippen LogP contribution in [0.15, 0.2) is 75.1 Å². The minimum absolute atomic E-state index is 0.153. The van der Waals surface area contributed by atoms with Crippen LogP contribution in [0.25, 0.3) is 6.08 Å². The average Bonchev–Trinajstić information content (AvgIpc) is 3.30. The van der Waals surface area contributed by atoms with Crippen LogP contribution in [-0.4, -0.2) is 22.8 Å². The van der Waals surface area contributed by atoms with Gasteiger partial charge in [0.25, 0.3) is 0 Å². The van der Waals surface area contributed by atoms with E-state index in [0.717, 1.165) is 10.2 Å². The molecule has 0 N–H and O–H groups in total. The van der Waals surface area contributed by atoms with Gasteiger partial charge in [0, 0.05) is 22.3 Å². The third-order valence-electron chi connectivity index (χ3n) is 4.01. The minimum atomic E-state index is -0.541. The van der Waals surface area contributed by atoms with Crippen molar-refractivity contribution in [3.63, 3.8) is 0 Å². The van der Waals surface area contributed by atoms with Crippen LogP contribution in [-0.2, 0) is 14.3 Å². The molecule has 0 fully saturated rings. The maximum Gasteiger partial charge on any atom is 0.363 e. The summed E-state index contributed by atoms with van der Waals surface area (Å²) in [7, 11) is 0. The first-order valence-corrected chi connectivity index (χ1v) is 10.3. The molecule has 0 saturated carbocycles. The minimum Gasteiger partial charge on any atom is -0.402 e. The Morgan fingerprint density at radius 2 is 1.97 bits per heavy atom. The van der Waals surface area contributed by atoms with Gasteiger partial charge in [0.2, 0.25) is 11.8 Å². The van der Waals surface area contributed by atoms with Crippen molar-refractivity contribution in [3.05, 3.63) is 81.4 Å². The Hall–Kier alpha value is -3.10. The Morgan fingerprint density at radius 1 is 1.17 bits per heavy atom. The summed E-state index contributed by atoms with van der Waals surface area (Å²) in [4.78, 5) is 34.7. The van der Waals surface area contributed by atoms with Crippen molar-refractivity contribution >= 4 is 61.9 Å². The van der Waals surface area contributed by atoms with Crippen LogP contribution < -0.4 is 4.90 Å². The molecular weight excluding hydrogens is 454 g/mol. The number of anilines is 2. The molecule has 0 spiro atoms. The maximum absolute atomic E-state index is 12.2. The number of aromatic nitrogens is 1. The van der Waals surface area contributed by atoms with E-state index in [9.17, 15) is 9.59 Å². The van der Waals surface area contributed by atoms with E-state index in [1.54, 1.807) is 11.5 Å². The van der Waals surface area contributed by atoms with E-state index in [4.69, 9.17) is 4.74 Å². The van der Waals surface area contributed by atoms with Crippen molar-refractivity contribution in [1.29, 1.82) is 0 Å². The standard InChI is InChI=1S/C21H14BrN3O3S/c1-13(26)25(17-8-3-2-4-9-17)21-23-16(12-29-21)11-18-20(27)28-19(24-18)14-6-5-7-15(22)10-14/h2-12H,1H3/b18-11-. The van der Waals surface area contributed by atoms with Gasteiger partial charge in [-0.3, -0.25) is 9.69 Å². The smallest absolute Gasteiger partial charge is 0.363 e. The number of cyclic esters (lactones) is 1. The highest BCUT2D eigenvalue weighted by atomic mass is 79.9. The summed E-state index contributed by atoms with van der Waals surface area (Å²) < 4.78 is 6.14. The Kier molecular flexibility index (Phi) is 5.37. The van der Waals surface area contributed by atoms with Gasteiger partial charge in [0.15, 0.2) is 10.8 Å². The lowest BCUT2D eigenvalue weighted by molar-refractivity contribution is -0.130. The number of esters is 1. The Bertz CT molecular complexity index is 1150. The average molecular weight is 468 g/mol. The van der Waals surface area contributed by atoms with Gasteiger partial charge in [-0.15, -0.1) is 11.3 Å². The van der Waals surface area contributed by atoms with Gasteiger partial charge in [-0.05, 0) is 36.4 Å². The van der Waals surface area contributed by atoms with Crippen molar-refractivity contribution < 1.29 is 14.3 Å². The lowest BCUT2D eigenvalue weighted by Crippen LogP contribution is -2.22. The predicted molar refractivity (Wildman–Crippen MR) is 116 cm³/mol. The Labute approximate surface area is 179 Å². The highest BCUT2D eigenvalue weighted by Crippen LogP contribution is 2.30. The van der Waals surface area contributed by atoms with E-state index in [0.29, 0.717) is 16.4 Å². The summed E-state index contributed by atoms with van der Waals surface area (Å²) in [6.07, 6.45) is 1.55. The number of carbonyl (C=O) groups is 2. The molecule has 0 bridgehead atoms. The van der Waals surface area contributed by atoms with E-state index >= 15 is 0 Å². The highest BCUT2D eigenvalue weighted by Gasteiger charge is 2.25. The molecular formula is C21H14BrN3O3S. The van der Waals surface area contributed by atoms with Crippen LogP contribution in [0.5, 0.6) is 0 Å². The molecule has 1 aliphatic rings. The van der Waals surface area contributed by atoms with Crippen LogP contribution in [0, 0.1) is 0 Å². The molecule has 0 atom stereocenters. The van der Waals surface area contributed by atoms with Crippen LogP contribution in [0.3, 0.4) is 0 Å². The van der Waals surface area contributed by atoms with Crippen molar-refractivity contribution in [3.8, 4) is 0 Å². The molecule has 29 heavy (non-hydrogen) atoms. The number of thiazole rings is 1. The number of hydrogen-bond acceptors (Lipinski definition) is 6. The number of halogens is 1. The lowest BCUT2D eigenvalue weighted by atomic mass is 10.2. The van der Waals surface area contributed by atoms with Gasteiger partial charge in [-0.1, -0.05) is 40.2 Å². The predicted octanol–water partition coefficient (Wildman–Crippen LogP) is 4.93. The maximum atomic E-state index is 12.2. The molecule has 144 valence electrons. The van der Waals surface area contributed by atoms with Gasteiger partial charge in [0.1, 0.15) is 0 Å². The zero-order valence-corrected chi connectivity index (χ0v) is 17.6. The second kappa shape index (κ2) is 8.10. The fraction of sp³-hybridized carbons (Fsp3) is 0.0476. The quantitative estimate of drug-likeness (QED) is 0.402. The van der Waals surface area contributed by atoms with E-state index < -0.39 is 5.97 Å². The van der Waals surface area contributed by atoms with Gasteiger partial charge >= 0.3 is 5.97 Å². The molecule has 1 aliphatic heterocycles. The Balaban J connectivity index is 1.63. The first kappa shape index (κ1) is 19.2. The molecule has 3 aromatic rings. The normalized spacial score (nSPS) is 14.6. The summed E-state index contributed by atoms with van der Waals surface area (Å²) in [5.41, 5.74) is 2.11. The fourth-order valence-corrected chi connectivity index (χ4v) is 3.99. The summed E-state index contributed by atoms with van der Waals surface area (Å²) in [5, 5.41) is 2.28. The van der Waals surface area contributed by atoms with Crippen molar-refractivity contribution in [2.24, 2.45) is 4.99 Å². The zero-order chi connectivity index (χ0) is 20.4. The first-order valence-electron chi connectivity index (χ1n) is 8.61. The number of carbonyl (C=O) groups excluding carboxylic acids is 2. The molecule has 0 saturated heterocycles. The second-order valence-corrected chi connectivity index (χ2v) is 7.84. The van der Waals surface area contributed by atoms with E-state index in [1.807, 2.05) is 54.6 Å². The molecule has 4 rings (SSSR count). The van der Waals surface area contributed by atoms with E-state index in [1.165, 1.54) is 23.2 Å². The number of hydrogen-bond donors (Lipinski definition) is 0. The SMILES string of the molecule is CC(=O)N(c1ccccc1)c1nc(/C=C2\N=C(c3cccc(Br)c3)OC2=O)cs1. The van der Waals surface area contributed by atoms with Gasteiger partial charge in [0.05, 0.1) is 11.4 Å². The van der Waals surface area contributed by atoms with Gasteiger partial charge in [-0.2, -0.15) is 0 Å². The molecule has 0 aliphatic carbocycles. The highest BCUT2D eigenvalue weighted by molar-refractivity contribution is 9.10. The summed E-state index contributed by atoms with van der Waals surface area (Å²) in [6.45, 7) is 1.48. The number of aliphatic imine (C=N–C) groups is 1. The first-order chi connectivity index (χ1) is 14.0. The number of benzene rings is 2. The molecule has 1 amide bonds. The molecule has 2 heterocycles. The third-order valence-corrected chi connectivity index (χ3v) is 5.34. The number of ether oxygens (including phenoxy) is 1. The molecule has 1 aromatic heterocycles. The van der Waals surface area contributed by atoms with Crippen LogP contribution in [0.1, 0.15) is 18.2 Å². The topological polar surface area (TPSA) is 71.9 Å². The fourth-order valence-electron chi connectivity index (χ4n) is 2.74. The molecule has 0 unspecified atom stereocenters. The van der Waals surface area contributed by atoms with Gasteiger partial charge in [-0.25, -0.2) is 14.8 Å². The summed E-state index contributed by atoms with van der Waals surface area (Å²) in [5.74, 6) is -0.450. The van der Waals surface area contributed by atoms with Crippen molar-refractivity contribution in [2.45, 2.75) is 6.92 Å². The number of amides is 1. The van der Waals surface area contributed by atoms with Crippen molar-refractivity contribution in [1.82, 2.24) is 4.98 Å².